The summed E-state index contributed by atoms with van der Waals surface area (Å²) in [6, 6.07) is 13.0. The van der Waals surface area contributed by atoms with Crippen molar-refractivity contribution >= 4 is 17.5 Å². The molecule has 6 nitrogen and oxygen atoms in total. The van der Waals surface area contributed by atoms with Crippen LogP contribution >= 0.6 is 0 Å². The van der Waals surface area contributed by atoms with Crippen LogP contribution in [-0.2, 0) is 16.1 Å². The lowest BCUT2D eigenvalue weighted by Gasteiger charge is -2.29. The second-order valence-electron chi connectivity index (χ2n) is 5.86. The zero-order chi connectivity index (χ0) is 17.8. The van der Waals surface area contributed by atoms with Crippen LogP contribution in [0.4, 0.5) is 5.69 Å². The lowest BCUT2D eigenvalue weighted by Crippen LogP contribution is -2.45. The van der Waals surface area contributed by atoms with Gasteiger partial charge < -0.3 is 14.8 Å². The summed E-state index contributed by atoms with van der Waals surface area (Å²) in [7, 11) is 1.61. The number of carbonyl (C=O) groups is 2. The maximum absolute atomic E-state index is 12.3. The molecule has 0 spiro atoms. The Labute approximate surface area is 146 Å². The van der Waals surface area contributed by atoms with Crippen LogP contribution in [0.3, 0.4) is 0 Å². The number of nitrogens with one attached hydrogen (secondary N) is 1. The summed E-state index contributed by atoms with van der Waals surface area (Å²) in [4.78, 5) is 25.9. The quantitative estimate of drug-likeness (QED) is 0.904. The maximum Gasteiger partial charge on any atom is 0.265 e. The number of methoxy groups -OCH3 is 1. The largest absolute Gasteiger partial charge is 0.497 e. The number of carbonyl (C=O) groups excluding carboxylic acids is 2. The van der Waals surface area contributed by atoms with Gasteiger partial charge in [-0.3, -0.25) is 14.5 Å². The van der Waals surface area contributed by atoms with Gasteiger partial charge in [-0.25, -0.2) is 0 Å². The number of ether oxygens (including phenoxy) is 2. The molecular formula is C19H20N2O4. The number of hydrogen-bond acceptors (Lipinski definition) is 4. The molecule has 130 valence electrons. The third-order valence-corrected chi connectivity index (χ3v) is 4.01. The van der Waals surface area contributed by atoms with Gasteiger partial charge in [0.1, 0.15) is 18.0 Å². The van der Waals surface area contributed by atoms with Crippen molar-refractivity contribution in [1.29, 1.82) is 0 Å². The molecule has 25 heavy (non-hydrogen) atoms. The third kappa shape index (κ3) is 3.91. The van der Waals surface area contributed by atoms with Crippen molar-refractivity contribution < 1.29 is 19.1 Å². The molecule has 1 aliphatic heterocycles. The number of fused-ring (bicyclic) bond motifs is 1. The zero-order valence-corrected chi connectivity index (χ0v) is 14.2. The predicted octanol–water partition coefficient (Wildman–Crippen LogP) is 2.05. The van der Waals surface area contributed by atoms with Gasteiger partial charge in [-0.1, -0.05) is 18.2 Å². The van der Waals surface area contributed by atoms with Crippen molar-refractivity contribution in [3.8, 4) is 11.5 Å². The minimum absolute atomic E-state index is 0.0329. The number of benzene rings is 2. The molecule has 0 saturated carbocycles. The van der Waals surface area contributed by atoms with Gasteiger partial charge in [0.15, 0.2) is 6.61 Å². The van der Waals surface area contributed by atoms with Crippen molar-refractivity contribution in [2.24, 2.45) is 0 Å². The van der Waals surface area contributed by atoms with Crippen LogP contribution in [0.25, 0.3) is 0 Å². The van der Waals surface area contributed by atoms with Gasteiger partial charge in [0.25, 0.3) is 5.91 Å². The summed E-state index contributed by atoms with van der Waals surface area (Å²) < 4.78 is 10.5. The molecule has 0 atom stereocenters. The SMILES string of the molecule is COc1ccc(CNC(=O)CN2C(=O)COc3ccc(C)cc32)cc1. The molecule has 2 amide bonds. The topological polar surface area (TPSA) is 67.9 Å². The molecule has 0 aromatic heterocycles. The highest BCUT2D eigenvalue weighted by molar-refractivity contribution is 6.02. The van der Waals surface area contributed by atoms with E-state index < -0.39 is 0 Å². The van der Waals surface area contributed by atoms with Crippen molar-refractivity contribution in [3.05, 3.63) is 53.6 Å². The molecule has 1 aliphatic rings. The molecule has 1 N–H and O–H groups in total. The van der Waals surface area contributed by atoms with Crippen molar-refractivity contribution in [3.63, 3.8) is 0 Å². The Hall–Kier alpha value is -3.02. The first-order valence-corrected chi connectivity index (χ1v) is 8.00. The van der Waals surface area contributed by atoms with E-state index in [-0.39, 0.29) is 25.0 Å². The monoisotopic (exact) mass is 340 g/mol. The highest BCUT2D eigenvalue weighted by atomic mass is 16.5. The summed E-state index contributed by atoms with van der Waals surface area (Å²) >= 11 is 0. The second kappa shape index (κ2) is 7.25. The van der Waals surface area contributed by atoms with E-state index >= 15 is 0 Å². The smallest absolute Gasteiger partial charge is 0.265 e. The average Bonchev–Trinajstić information content (AvgIpc) is 2.63. The lowest BCUT2D eigenvalue weighted by molar-refractivity contribution is -0.125. The van der Waals surface area contributed by atoms with E-state index in [4.69, 9.17) is 9.47 Å². The first-order valence-electron chi connectivity index (χ1n) is 8.00. The Balaban J connectivity index is 1.64. The predicted molar refractivity (Wildman–Crippen MR) is 93.9 cm³/mol. The summed E-state index contributed by atoms with van der Waals surface area (Å²) in [5.41, 5.74) is 2.59. The van der Waals surface area contributed by atoms with Crippen molar-refractivity contribution in [2.75, 3.05) is 25.2 Å². The van der Waals surface area contributed by atoms with Crippen LogP contribution < -0.4 is 19.7 Å². The molecular weight excluding hydrogens is 320 g/mol. The molecule has 0 bridgehead atoms. The molecule has 2 aromatic carbocycles. The van der Waals surface area contributed by atoms with Crippen LogP contribution in [-0.4, -0.2) is 32.1 Å². The number of nitrogens with zero attached hydrogens (tertiary/aromatic N) is 1. The Bertz CT molecular complexity index is 787. The van der Waals surface area contributed by atoms with Gasteiger partial charge in [-0.2, -0.15) is 0 Å². The summed E-state index contributed by atoms with van der Waals surface area (Å²) in [6.07, 6.45) is 0. The molecule has 0 unspecified atom stereocenters. The third-order valence-electron chi connectivity index (χ3n) is 4.01. The molecule has 3 rings (SSSR count). The van der Waals surface area contributed by atoms with Crippen LogP contribution in [0, 0.1) is 6.92 Å². The second-order valence-corrected chi connectivity index (χ2v) is 5.86. The van der Waals surface area contributed by atoms with Crippen LogP contribution in [0.15, 0.2) is 42.5 Å². The molecule has 0 fully saturated rings. The first-order chi connectivity index (χ1) is 12.1. The highest BCUT2D eigenvalue weighted by Crippen LogP contribution is 2.32. The summed E-state index contributed by atoms with van der Waals surface area (Å²) in [6.45, 7) is 2.24. The summed E-state index contributed by atoms with van der Waals surface area (Å²) in [5.74, 6) is 0.936. The van der Waals surface area contributed by atoms with E-state index in [1.165, 1.54) is 4.90 Å². The minimum atomic E-state index is -0.224. The highest BCUT2D eigenvalue weighted by Gasteiger charge is 2.27. The number of anilines is 1. The fourth-order valence-electron chi connectivity index (χ4n) is 2.63. The average molecular weight is 340 g/mol. The number of aryl methyl sites for hydroxylation is 1. The Morgan fingerprint density at radius 3 is 2.72 bits per heavy atom. The van der Waals surface area contributed by atoms with Crippen LogP contribution in [0.2, 0.25) is 0 Å². The van der Waals surface area contributed by atoms with Gasteiger partial charge in [-0.05, 0) is 42.3 Å². The van der Waals surface area contributed by atoms with E-state index in [0.29, 0.717) is 18.0 Å². The van der Waals surface area contributed by atoms with E-state index in [2.05, 4.69) is 5.32 Å². The van der Waals surface area contributed by atoms with E-state index in [1.807, 2.05) is 49.4 Å². The Morgan fingerprint density at radius 1 is 1.24 bits per heavy atom. The normalized spacial score (nSPS) is 13.0. The molecule has 0 saturated heterocycles. The van der Waals surface area contributed by atoms with Crippen molar-refractivity contribution in [2.45, 2.75) is 13.5 Å². The maximum atomic E-state index is 12.3. The minimum Gasteiger partial charge on any atom is -0.497 e. The van der Waals surface area contributed by atoms with Crippen LogP contribution in [0.5, 0.6) is 11.5 Å². The summed E-state index contributed by atoms with van der Waals surface area (Å²) in [5, 5.41) is 2.84. The van der Waals surface area contributed by atoms with E-state index in [0.717, 1.165) is 16.9 Å². The zero-order valence-electron chi connectivity index (χ0n) is 14.2. The van der Waals surface area contributed by atoms with Crippen LogP contribution in [0.1, 0.15) is 11.1 Å². The number of hydrogen-bond donors (Lipinski definition) is 1. The van der Waals surface area contributed by atoms with E-state index in [1.54, 1.807) is 7.11 Å². The van der Waals surface area contributed by atoms with Crippen molar-refractivity contribution in [1.82, 2.24) is 5.32 Å². The molecule has 2 aromatic rings. The Kier molecular flexibility index (Phi) is 4.88. The van der Waals surface area contributed by atoms with Gasteiger partial charge >= 0.3 is 0 Å². The lowest BCUT2D eigenvalue weighted by atomic mass is 10.1. The molecule has 0 radical (unpaired) electrons. The molecule has 6 heteroatoms. The number of rotatable bonds is 5. The van der Waals surface area contributed by atoms with Gasteiger partial charge in [0.05, 0.1) is 12.8 Å². The molecule has 1 heterocycles. The number of amides is 2. The van der Waals surface area contributed by atoms with Gasteiger partial charge in [-0.15, -0.1) is 0 Å². The standard InChI is InChI=1S/C19H20N2O4/c1-13-3-8-17-16(9-13)21(19(23)12-25-17)11-18(22)20-10-14-4-6-15(24-2)7-5-14/h3-9H,10-12H2,1-2H3,(H,20,22). The van der Waals surface area contributed by atoms with E-state index in [9.17, 15) is 9.59 Å². The Morgan fingerprint density at radius 2 is 2.00 bits per heavy atom. The molecule has 0 aliphatic carbocycles. The fraction of sp³-hybridized carbons (Fsp3) is 0.263. The van der Waals surface area contributed by atoms with Gasteiger partial charge in [0, 0.05) is 6.54 Å². The first kappa shape index (κ1) is 16.8. The van der Waals surface area contributed by atoms with Gasteiger partial charge in [0.2, 0.25) is 5.91 Å². The fourth-order valence-corrected chi connectivity index (χ4v) is 2.63.